The fourth-order valence-electron chi connectivity index (χ4n) is 9.35. The van der Waals surface area contributed by atoms with Crippen LogP contribution in [0.2, 0.25) is 0 Å². The van der Waals surface area contributed by atoms with Gasteiger partial charge in [-0.05, 0) is 107 Å². The Kier molecular flexibility index (Phi) is 6.90. The molecule has 0 radical (unpaired) electrons. The van der Waals surface area contributed by atoms with Crippen molar-refractivity contribution in [2.45, 2.75) is 82.3 Å². The minimum Gasteiger partial charge on any atom is -0.336 e. The molecular formula is C37H43FN8O. The van der Waals surface area contributed by atoms with Crippen LogP contribution in [-0.2, 0) is 10.2 Å². The summed E-state index contributed by atoms with van der Waals surface area (Å²) in [5, 5.41) is 6.73. The lowest BCUT2D eigenvalue weighted by Crippen LogP contribution is -2.59. The minimum absolute atomic E-state index is 0.141. The fourth-order valence-corrected chi connectivity index (χ4v) is 9.35. The molecule has 3 aliphatic heterocycles. The number of rotatable bonds is 6. The lowest BCUT2D eigenvalue weighted by molar-refractivity contribution is -0.125. The predicted molar refractivity (Wildman–Crippen MR) is 181 cm³/mol. The number of carbonyl (C=O) groups is 1. The number of nitrogens with one attached hydrogen (secondary N) is 2. The number of carbonyl (C=O) groups excluding carboxylic acids is 1. The molecule has 2 saturated heterocycles. The van der Waals surface area contributed by atoms with E-state index in [0.29, 0.717) is 17.5 Å². The third-order valence-electron chi connectivity index (χ3n) is 11.9. The van der Waals surface area contributed by atoms with Crippen LogP contribution in [-0.4, -0.2) is 68.6 Å². The lowest BCUT2D eigenvalue weighted by atomic mass is 9.74. The molecule has 2 N–H and O–H groups in total. The Morgan fingerprint density at radius 3 is 2.55 bits per heavy atom. The molecule has 4 aromatic rings. The number of aromatic nitrogens is 4. The van der Waals surface area contributed by atoms with E-state index >= 15 is 0 Å². The van der Waals surface area contributed by atoms with E-state index in [4.69, 9.17) is 9.97 Å². The second kappa shape index (κ2) is 11.1. The summed E-state index contributed by atoms with van der Waals surface area (Å²) in [6, 6.07) is 11.0. The highest BCUT2D eigenvalue weighted by molar-refractivity contribution is 6.09. The van der Waals surface area contributed by atoms with Crippen LogP contribution in [0.3, 0.4) is 0 Å². The molecule has 2 unspecified atom stereocenters. The first-order chi connectivity index (χ1) is 22.9. The van der Waals surface area contributed by atoms with Crippen LogP contribution in [0.4, 0.5) is 21.6 Å². The summed E-state index contributed by atoms with van der Waals surface area (Å²) in [5.41, 5.74) is 5.31. The van der Waals surface area contributed by atoms with Crippen molar-refractivity contribution in [3.05, 3.63) is 60.4 Å². The number of nitrogens with zero attached hydrogens (tertiary/aromatic N) is 6. The van der Waals surface area contributed by atoms with Gasteiger partial charge in [0.05, 0.1) is 34.8 Å². The first kappa shape index (κ1) is 29.3. The van der Waals surface area contributed by atoms with E-state index in [0.717, 1.165) is 84.2 Å². The summed E-state index contributed by atoms with van der Waals surface area (Å²) >= 11 is 0. The van der Waals surface area contributed by atoms with Gasteiger partial charge in [0.25, 0.3) is 0 Å². The topological polar surface area (TPSA) is 91.2 Å². The molecule has 5 aliphatic rings. The van der Waals surface area contributed by atoms with Gasteiger partial charge in [-0.25, -0.2) is 14.4 Å². The normalized spacial score (nSPS) is 26.7. The van der Waals surface area contributed by atoms with Crippen molar-refractivity contribution >= 4 is 34.1 Å². The van der Waals surface area contributed by atoms with Gasteiger partial charge < -0.3 is 20.1 Å². The molecule has 2 bridgehead atoms. The van der Waals surface area contributed by atoms with Crippen LogP contribution in [0.25, 0.3) is 22.3 Å². The molecule has 244 valence electrons. The van der Waals surface area contributed by atoms with Crippen molar-refractivity contribution in [3.63, 3.8) is 0 Å². The van der Waals surface area contributed by atoms with Crippen molar-refractivity contribution < 1.29 is 9.18 Å². The SMILES string of the molecule is CC(C)n1cnc2cc(-c3ccc4c(c3)N([C@H]3C[C@@H](N5CC6CCC(C6)C5)C3)C(=O)C43CCNCC3)nc(Nc3ccncc3F)c21. The standard InChI is InChI=1S/C37H43FN8O/c1-22(2)45-21-41-32-17-31(43-35(34(32)45)42-30-7-10-40-18-29(30)38)25-5-6-28-33(14-25)46(36(47)37(28)8-11-39-12-9-37)27-15-26(16-27)44-19-23-3-4-24(13-23)20-44/h5-7,10,14,17-18,21-24,26-27,39H,3-4,8-9,11-13,15-16,19-20H2,1-2H3,(H,40,42,43)/t23?,24?,26-,27+. The second-order valence-electron chi connectivity index (χ2n) is 15.0. The molecule has 2 saturated carbocycles. The van der Waals surface area contributed by atoms with Gasteiger partial charge in [-0.3, -0.25) is 14.7 Å². The first-order valence-corrected chi connectivity index (χ1v) is 17.6. The van der Waals surface area contributed by atoms with E-state index in [9.17, 15) is 9.18 Å². The Balaban J connectivity index is 1.09. The monoisotopic (exact) mass is 634 g/mol. The maximum atomic E-state index is 14.8. The van der Waals surface area contributed by atoms with Gasteiger partial charge in [0.1, 0.15) is 5.52 Å². The van der Waals surface area contributed by atoms with Crippen molar-refractivity contribution in [2.24, 2.45) is 11.8 Å². The average molecular weight is 635 g/mol. The zero-order chi connectivity index (χ0) is 31.9. The van der Waals surface area contributed by atoms with Gasteiger partial charge in [-0.1, -0.05) is 12.1 Å². The van der Waals surface area contributed by atoms with Crippen molar-refractivity contribution in [1.29, 1.82) is 0 Å². The van der Waals surface area contributed by atoms with Gasteiger partial charge in [0, 0.05) is 48.7 Å². The zero-order valence-corrected chi connectivity index (χ0v) is 27.3. The van der Waals surface area contributed by atoms with Crippen LogP contribution < -0.4 is 15.5 Å². The van der Waals surface area contributed by atoms with Crippen molar-refractivity contribution in [1.82, 2.24) is 29.7 Å². The molecule has 10 heteroatoms. The molecule has 4 fully saturated rings. The number of amides is 1. The quantitative estimate of drug-likeness (QED) is 0.262. The van der Waals surface area contributed by atoms with E-state index in [2.05, 4.69) is 62.0 Å². The van der Waals surface area contributed by atoms with Crippen LogP contribution in [0.5, 0.6) is 0 Å². The third kappa shape index (κ3) is 4.70. The number of hydrogen-bond donors (Lipinski definition) is 2. The van der Waals surface area contributed by atoms with Gasteiger partial charge >= 0.3 is 0 Å². The summed E-state index contributed by atoms with van der Waals surface area (Å²) in [5.74, 6) is 2.11. The molecule has 1 amide bonds. The summed E-state index contributed by atoms with van der Waals surface area (Å²) in [4.78, 5) is 33.2. The fraction of sp³-hybridized carbons (Fsp3) is 0.514. The molecule has 9 nitrogen and oxygen atoms in total. The summed E-state index contributed by atoms with van der Waals surface area (Å²) in [6.45, 7) is 8.35. The first-order valence-electron chi connectivity index (χ1n) is 17.6. The number of likely N-dealkylation sites (tertiary alicyclic amines) is 1. The Hall–Kier alpha value is -3.89. The molecule has 2 atom stereocenters. The van der Waals surface area contributed by atoms with E-state index in [1.54, 1.807) is 12.3 Å². The summed E-state index contributed by atoms with van der Waals surface area (Å²) in [7, 11) is 0. The number of piperidine rings is 2. The maximum Gasteiger partial charge on any atom is 0.238 e. The Morgan fingerprint density at radius 2 is 1.81 bits per heavy atom. The molecule has 9 rings (SSSR count). The number of anilines is 3. The Bertz CT molecular complexity index is 1850. The molecule has 1 aromatic carbocycles. The van der Waals surface area contributed by atoms with Gasteiger partial charge in [0.15, 0.2) is 11.6 Å². The molecule has 1 spiro atoms. The van der Waals surface area contributed by atoms with E-state index < -0.39 is 11.2 Å². The minimum atomic E-state index is -0.465. The van der Waals surface area contributed by atoms with E-state index in [1.165, 1.54) is 38.5 Å². The molecule has 47 heavy (non-hydrogen) atoms. The molecule has 2 aliphatic carbocycles. The average Bonchev–Trinajstić information content (AvgIpc) is 3.71. The number of imidazole rings is 1. The zero-order valence-electron chi connectivity index (χ0n) is 27.3. The van der Waals surface area contributed by atoms with Crippen molar-refractivity contribution in [2.75, 3.05) is 36.4 Å². The maximum absolute atomic E-state index is 14.8. The third-order valence-corrected chi connectivity index (χ3v) is 11.9. The molecule has 6 heterocycles. The van der Waals surface area contributed by atoms with Gasteiger partial charge in [0.2, 0.25) is 5.91 Å². The second-order valence-corrected chi connectivity index (χ2v) is 15.0. The van der Waals surface area contributed by atoms with Gasteiger partial charge in [-0.15, -0.1) is 0 Å². The number of hydrogen-bond acceptors (Lipinski definition) is 7. The van der Waals surface area contributed by atoms with Crippen LogP contribution in [0.15, 0.2) is 49.1 Å². The van der Waals surface area contributed by atoms with Gasteiger partial charge in [-0.2, -0.15) is 0 Å². The largest absolute Gasteiger partial charge is 0.336 e. The number of benzene rings is 1. The molecule has 3 aromatic heterocycles. The highest BCUT2D eigenvalue weighted by atomic mass is 19.1. The van der Waals surface area contributed by atoms with Crippen molar-refractivity contribution in [3.8, 4) is 11.3 Å². The smallest absolute Gasteiger partial charge is 0.238 e. The summed E-state index contributed by atoms with van der Waals surface area (Å²) < 4.78 is 16.8. The number of pyridine rings is 2. The molecular weight excluding hydrogens is 591 g/mol. The lowest BCUT2D eigenvalue weighted by Gasteiger charge is -2.49. The highest BCUT2D eigenvalue weighted by Gasteiger charge is 2.55. The number of halogens is 1. The Morgan fingerprint density at radius 1 is 1.02 bits per heavy atom. The van der Waals surface area contributed by atoms with Crippen LogP contribution in [0, 0.1) is 17.7 Å². The van der Waals surface area contributed by atoms with E-state index in [-0.39, 0.29) is 18.0 Å². The van der Waals surface area contributed by atoms with Crippen LogP contribution in [0.1, 0.15) is 70.4 Å². The number of fused-ring (bicyclic) bond motifs is 5. The predicted octanol–water partition coefficient (Wildman–Crippen LogP) is 6.19. The highest BCUT2D eigenvalue weighted by Crippen LogP contribution is 2.52. The van der Waals surface area contributed by atoms with E-state index in [1.807, 2.05) is 12.4 Å². The summed E-state index contributed by atoms with van der Waals surface area (Å²) in [6.07, 6.45) is 12.5. The Labute approximate surface area is 275 Å². The van der Waals surface area contributed by atoms with Crippen LogP contribution >= 0.6 is 0 Å².